The second-order valence-electron chi connectivity index (χ2n) is 7.68. The highest BCUT2D eigenvalue weighted by Gasteiger charge is 2.51. The second kappa shape index (κ2) is 11.0. The minimum Gasteiger partial charge on any atom is -0.456 e. The molecule has 0 aromatic carbocycles. The number of aromatic nitrogens is 4. The lowest BCUT2D eigenvalue weighted by Crippen LogP contribution is -2.40. The van der Waals surface area contributed by atoms with Crippen molar-refractivity contribution < 1.29 is 33.7 Å². The molecule has 1 saturated heterocycles. The van der Waals surface area contributed by atoms with Gasteiger partial charge in [0, 0.05) is 27.2 Å². The molecule has 0 saturated carbocycles. The van der Waals surface area contributed by atoms with Crippen molar-refractivity contribution in [2.75, 3.05) is 11.9 Å². The number of carbonyl (C=O) groups excluding carboxylic acids is 3. The molecule has 0 radical (unpaired) electrons. The van der Waals surface area contributed by atoms with Crippen LogP contribution in [0.3, 0.4) is 0 Å². The van der Waals surface area contributed by atoms with Gasteiger partial charge >= 0.3 is 11.9 Å². The highest BCUT2D eigenvalue weighted by molar-refractivity contribution is 5.95. The molecule has 2 aromatic rings. The fraction of sp³-hybridized carbons (Fsp3) is 0.545. The monoisotopic (exact) mass is 473 g/mol. The smallest absolute Gasteiger partial charge is 0.303 e. The predicted molar refractivity (Wildman–Crippen MR) is 118 cm³/mol. The van der Waals surface area contributed by atoms with Crippen molar-refractivity contribution in [3.63, 3.8) is 0 Å². The minimum atomic E-state index is -1.12. The molecule has 1 aliphatic heterocycles. The molecule has 0 spiro atoms. The average molecular weight is 473 g/mol. The van der Waals surface area contributed by atoms with Crippen molar-refractivity contribution in [3.05, 3.63) is 12.2 Å². The number of rotatable bonds is 7. The fourth-order valence-electron chi connectivity index (χ4n) is 3.62. The molecule has 3 rings (SSSR count). The van der Waals surface area contributed by atoms with E-state index in [4.69, 9.17) is 14.2 Å². The third kappa shape index (κ3) is 5.49. The van der Waals surface area contributed by atoms with Crippen LogP contribution in [-0.4, -0.2) is 67.4 Å². The van der Waals surface area contributed by atoms with Crippen LogP contribution >= 0.6 is 0 Å². The number of ether oxygens (including phenoxy) is 3. The normalized spacial score (nSPS) is 21.6. The van der Waals surface area contributed by atoms with E-state index in [-0.39, 0.29) is 28.7 Å². The van der Waals surface area contributed by atoms with E-state index in [1.54, 1.807) is 0 Å². The van der Waals surface area contributed by atoms with Crippen molar-refractivity contribution in [3.8, 4) is 11.8 Å². The Labute approximate surface area is 196 Å². The standard InChI is InChI=1S/C22H27N5O7/c1-5-6-7-8-9-16-26-17-20(25-12(2)29)23-11-24-21(17)27(16)22-19(33-14(4)31)18(32-13(3)30)15(10-28)34-22/h11,15,18-19,22,28H,5-7,10H2,1-4H3,(H,23,24,25,29)/t15-,18-,19-,22-/m1/s1. The van der Waals surface area contributed by atoms with Crippen molar-refractivity contribution in [2.24, 2.45) is 0 Å². The van der Waals surface area contributed by atoms with Crippen LogP contribution in [0.1, 0.15) is 59.0 Å². The maximum Gasteiger partial charge on any atom is 0.303 e. The first-order valence-corrected chi connectivity index (χ1v) is 10.9. The van der Waals surface area contributed by atoms with Crippen molar-refractivity contribution in [2.45, 2.75) is 71.5 Å². The van der Waals surface area contributed by atoms with Gasteiger partial charge in [0.25, 0.3) is 0 Å². The van der Waals surface area contributed by atoms with Crippen molar-refractivity contribution in [1.29, 1.82) is 0 Å². The van der Waals surface area contributed by atoms with E-state index in [0.29, 0.717) is 6.42 Å². The molecule has 0 unspecified atom stereocenters. The summed E-state index contributed by atoms with van der Waals surface area (Å²) in [6.07, 6.45) is -0.536. The molecular formula is C22H27N5O7. The highest BCUT2D eigenvalue weighted by atomic mass is 16.6. The Bertz CT molecular complexity index is 1140. The first-order valence-electron chi connectivity index (χ1n) is 10.9. The Kier molecular flexibility index (Phi) is 8.14. The predicted octanol–water partition coefficient (Wildman–Crippen LogP) is 1.08. The lowest BCUT2D eigenvalue weighted by Gasteiger charge is -2.24. The van der Waals surface area contributed by atoms with Crippen LogP contribution in [0.15, 0.2) is 6.33 Å². The molecule has 34 heavy (non-hydrogen) atoms. The van der Waals surface area contributed by atoms with Crippen LogP contribution in [0, 0.1) is 11.8 Å². The molecule has 1 amide bonds. The van der Waals surface area contributed by atoms with Crippen LogP contribution in [-0.2, 0) is 28.6 Å². The van der Waals surface area contributed by atoms with Crippen molar-refractivity contribution >= 4 is 34.8 Å². The average Bonchev–Trinajstić information content (AvgIpc) is 3.28. The van der Waals surface area contributed by atoms with Gasteiger partial charge in [0.1, 0.15) is 12.4 Å². The Morgan fingerprint density at radius 3 is 2.50 bits per heavy atom. The number of aliphatic hydroxyl groups excluding tert-OH is 1. The third-order valence-corrected chi connectivity index (χ3v) is 4.95. The van der Waals surface area contributed by atoms with Gasteiger partial charge in [-0.2, -0.15) is 0 Å². The van der Waals surface area contributed by atoms with Gasteiger partial charge in [0.15, 0.2) is 41.2 Å². The van der Waals surface area contributed by atoms with Crippen molar-refractivity contribution in [1.82, 2.24) is 19.5 Å². The summed E-state index contributed by atoms with van der Waals surface area (Å²) in [6.45, 7) is 5.30. The molecule has 0 aliphatic carbocycles. The van der Waals surface area contributed by atoms with E-state index < -0.39 is 43.1 Å². The number of anilines is 1. The molecule has 12 nitrogen and oxygen atoms in total. The zero-order chi connectivity index (χ0) is 24.8. The Hall–Kier alpha value is -3.56. The quantitative estimate of drug-likeness (QED) is 0.339. The Morgan fingerprint density at radius 1 is 1.18 bits per heavy atom. The second-order valence-corrected chi connectivity index (χ2v) is 7.68. The molecule has 1 aliphatic rings. The Balaban J connectivity index is 2.19. The van der Waals surface area contributed by atoms with Gasteiger partial charge in [0.2, 0.25) is 5.91 Å². The zero-order valence-corrected chi connectivity index (χ0v) is 19.4. The van der Waals surface area contributed by atoms with Crippen LogP contribution in [0.25, 0.3) is 11.2 Å². The van der Waals surface area contributed by atoms with E-state index in [1.807, 2.05) is 6.92 Å². The zero-order valence-electron chi connectivity index (χ0n) is 19.4. The van der Waals surface area contributed by atoms with E-state index in [0.717, 1.165) is 12.8 Å². The maximum atomic E-state index is 11.9. The van der Waals surface area contributed by atoms with E-state index in [2.05, 4.69) is 32.1 Å². The minimum absolute atomic E-state index is 0.171. The number of imidazole rings is 1. The maximum absolute atomic E-state index is 11.9. The van der Waals surface area contributed by atoms with Crippen LogP contribution in [0.5, 0.6) is 0 Å². The van der Waals surface area contributed by atoms with Gasteiger partial charge in [-0.1, -0.05) is 19.3 Å². The van der Waals surface area contributed by atoms with E-state index in [1.165, 1.54) is 31.7 Å². The molecule has 3 heterocycles. The number of unbranched alkanes of at least 4 members (excludes halogenated alkanes) is 2. The van der Waals surface area contributed by atoms with Gasteiger partial charge in [0.05, 0.1) is 6.61 Å². The van der Waals surface area contributed by atoms with Crippen LogP contribution in [0.2, 0.25) is 0 Å². The van der Waals surface area contributed by atoms with Gasteiger partial charge in [-0.05, 0) is 12.3 Å². The lowest BCUT2D eigenvalue weighted by atomic mass is 10.1. The molecule has 2 N–H and O–H groups in total. The number of fused-ring (bicyclic) bond motifs is 1. The third-order valence-electron chi connectivity index (χ3n) is 4.95. The summed E-state index contributed by atoms with van der Waals surface area (Å²) >= 11 is 0. The number of nitrogens with zero attached hydrogens (tertiary/aromatic N) is 4. The summed E-state index contributed by atoms with van der Waals surface area (Å²) in [4.78, 5) is 48.2. The number of esters is 2. The van der Waals surface area contributed by atoms with E-state index in [9.17, 15) is 19.5 Å². The number of aliphatic hydroxyl groups is 1. The van der Waals surface area contributed by atoms with Gasteiger partial charge in [-0.15, -0.1) is 0 Å². The number of amides is 1. The molecule has 2 aromatic heterocycles. The highest BCUT2D eigenvalue weighted by Crippen LogP contribution is 2.37. The van der Waals surface area contributed by atoms with Gasteiger partial charge < -0.3 is 24.6 Å². The summed E-state index contributed by atoms with van der Waals surface area (Å²) in [5, 5.41) is 12.5. The summed E-state index contributed by atoms with van der Waals surface area (Å²) in [6, 6.07) is 0. The molecule has 12 heteroatoms. The molecular weight excluding hydrogens is 446 g/mol. The SMILES string of the molecule is CCCCC#Cc1nc2c(NC(C)=O)ncnc2n1[C@@H]1O[C@H](CO)[C@@H](OC(C)=O)[C@H]1OC(C)=O. The van der Waals surface area contributed by atoms with Crippen LogP contribution in [0.4, 0.5) is 5.82 Å². The molecule has 4 atom stereocenters. The lowest BCUT2D eigenvalue weighted by molar-refractivity contribution is -0.165. The Morgan fingerprint density at radius 2 is 1.88 bits per heavy atom. The molecule has 1 fully saturated rings. The largest absolute Gasteiger partial charge is 0.456 e. The topological polar surface area (TPSA) is 155 Å². The molecule has 182 valence electrons. The van der Waals surface area contributed by atoms with Gasteiger partial charge in [-0.25, -0.2) is 15.0 Å². The first kappa shape index (κ1) is 25.1. The van der Waals surface area contributed by atoms with Crippen LogP contribution < -0.4 is 5.32 Å². The number of hydrogen-bond acceptors (Lipinski definition) is 10. The summed E-state index contributed by atoms with van der Waals surface area (Å²) in [7, 11) is 0. The number of carbonyl (C=O) groups is 3. The number of hydrogen-bond donors (Lipinski definition) is 2. The molecule has 0 bridgehead atoms. The van der Waals surface area contributed by atoms with E-state index >= 15 is 0 Å². The fourth-order valence-corrected chi connectivity index (χ4v) is 3.62. The first-order chi connectivity index (χ1) is 16.3. The summed E-state index contributed by atoms with van der Waals surface area (Å²) in [5.41, 5.74) is 0.500. The summed E-state index contributed by atoms with van der Waals surface area (Å²) in [5.74, 6) is 4.81. The summed E-state index contributed by atoms with van der Waals surface area (Å²) < 4.78 is 18.3. The van der Waals surface area contributed by atoms with Gasteiger partial charge in [-0.3, -0.25) is 19.0 Å². The number of nitrogens with one attached hydrogen (secondary N) is 1.